The first kappa shape index (κ1) is 22.4. The third kappa shape index (κ3) is 4.88. The largest absolute Gasteiger partial charge is 0.486 e. The van der Waals surface area contributed by atoms with Crippen molar-refractivity contribution in [2.24, 2.45) is 5.92 Å². The van der Waals surface area contributed by atoms with Crippen molar-refractivity contribution in [3.05, 3.63) is 40.5 Å². The molecule has 2 aromatic rings. The van der Waals surface area contributed by atoms with Gasteiger partial charge in [-0.1, -0.05) is 37.6 Å². The highest BCUT2D eigenvalue weighted by atomic mass is 35.5. The molecule has 30 heavy (non-hydrogen) atoms. The van der Waals surface area contributed by atoms with Crippen LogP contribution in [-0.4, -0.2) is 43.3 Å². The van der Waals surface area contributed by atoms with Gasteiger partial charge in [0.1, 0.15) is 34.2 Å². The summed E-state index contributed by atoms with van der Waals surface area (Å²) in [5, 5.41) is 20.1. The van der Waals surface area contributed by atoms with E-state index in [4.69, 9.17) is 25.8 Å². The molecule has 156 valence electrons. The number of rotatable bonds is 6. The Morgan fingerprint density at radius 2 is 1.70 bits per heavy atom. The van der Waals surface area contributed by atoms with Gasteiger partial charge in [0.25, 0.3) is 0 Å². The van der Waals surface area contributed by atoms with E-state index in [0.717, 1.165) is 24.5 Å². The fourth-order valence-electron chi connectivity index (χ4n) is 2.89. The number of thioether (sulfide) groups is 1. The van der Waals surface area contributed by atoms with Gasteiger partial charge in [-0.3, -0.25) is 0 Å². The maximum Gasteiger partial charge on any atom is 0.148 e. The first-order chi connectivity index (χ1) is 14.7. The molecule has 0 saturated carbocycles. The van der Waals surface area contributed by atoms with Crippen LogP contribution in [0.5, 0.6) is 5.75 Å². The van der Waals surface area contributed by atoms with Crippen molar-refractivity contribution in [2.75, 3.05) is 32.2 Å². The number of hydrogen-bond acceptors (Lipinski definition) is 7. The normalized spacial score (nSPS) is 15.6. The third-order valence-electron chi connectivity index (χ3n) is 4.56. The molecular weight excluding hydrogens is 422 g/mol. The van der Waals surface area contributed by atoms with Crippen molar-refractivity contribution < 1.29 is 14.2 Å². The Kier molecular flexibility index (Phi) is 7.95. The Morgan fingerprint density at radius 3 is 2.20 bits per heavy atom. The van der Waals surface area contributed by atoms with E-state index in [9.17, 15) is 10.5 Å². The zero-order valence-corrected chi connectivity index (χ0v) is 18.4. The number of pyridine rings is 1. The molecule has 2 aliphatic heterocycles. The zero-order valence-electron chi connectivity index (χ0n) is 16.9. The predicted molar refractivity (Wildman–Crippen MR) is 116 cm³/mol. The predicted octanol–water partition coefficient (Wildman–Crippen LogP) is 4.69. The molecule has 1 aromatic carbocycles. The lowest BCUT2D eigenvalue weighted by atomic mass is 9.97. The van der Waals surface area contributed by atoms with Crippen LogP contribution in [0.1, 0.15) is 25.0 Å². The summed E-state index contributed by atoms with van der Waals surface area (Å²) < 4.78 is 16.1. The first-order valence-corrected chi connectivity index (χ1v) is 11.1. The fraction of sp³-hybridized carbons (Fsp3) is 0.409. The standard InChI is InChI=1S/C20H16ClN3O3S.C2H6/c21-19-16(5-22)18(13-1-3-14(4-2-13)27-15-9-26-10-15)17(6-23)20(24-19)28-11-12-7-25-8-12;1-2/h1-4,12,15H,7-11H2;1-2H3. The summed E-state index contributed by atoms with van der Waals surface area (Å²) in [7, 11) is 0. The summed E-state index contributed by atoms with van der Waals surface area (Å²) in [6.45, 7) is 6.62. The smallest absolute Gasteiger partial charge is 0.148 e. The monoisotopic (exact) mass is 443 g/mol. The lowest BCUT2D eigenvalue weighted by Gasteiger charge is -2.26. The number of ether oxygens (including phenoxy) is 3. The molecule has 0 spiro atoms. The Hall–Kier alpha value is -2.29. The molecule has 8 heteroatoms. The molecule has 1 aromatic heterocycles. The summed E-state index contributed by atoms with van der Waals surface area (Å²) >= 11 is 7.76. The topological polar surface area (TPSA) is 88.2 Å². The van der Waals surface area contributed by atoms with E-state index < -0.39 is 0 Å². The lowest BCUT2D eigenvalue weighted by molar-refractivity contribution is -0.0796. The highest BCUT2D eigenvalue weighted by Gasteiger charge is 2.24. The molecule has 2 saturated heterocycles. The van der Waals surface area contributed by atoms with E-state index in [1.165, 1.54) is 11.8 Å². The number of nitriles is 2. The van der Waals surface area contributed by atoms with Gasteiger partial charge in [0.05, 0.1) is 37.6 Å². The van der Waals surface area contributed by atoms with Crippen LogP contribution in [0, 0.1) is 28.6 Å². The van der Waals surface area contributed by atoms with Gasteiger partial charge >= 0.3 is 0 Å². The highest BCUT2D eigenvalue weighted by Crippen LogP contribution is 2.37. The van der Waals surface area contributed by atoms with Crippen molar-refractivity contribution in [3.63, 3.8) is 0 Å². The SMILES string of the molecule is CC.N#Cc1c(Cl)nc(SCC2COC2)c(C#N)c1-c1ccc(OC2COC2)cc1. The number of benzene rings is 1. The number of nitrogens with zero attached hydrogens (tertiary/aromatic N) is 3. The van der Waals surface area contributed by atoms with Crippen LogP contribution in [-0.2, 0) is 9.47 Å². The molecule has 2 fully saturated rings. The molecule has 0 amide bonds. The van der Waals surface area contributed by atoms with E-state index in [-0.39, 0.29) is 16.8 Å². The van der Waals surface area contributed by atoms with Crippen molar-refractivity contribution >= 4 is 23.4 Å². The maximum absolute atomic E-state index is 9.80. The second kappa shape index (κ2) is 10.7. The maximum atomic E-state index is 9.80. The molecule has 0 atom stereocenters. The van der Waals surface area contributed by atoms with Gasteiger partial charge in [-0.15, -0.1) is 11.8 Å². The van der Waals surface area contributed by atoms with E-state index in [1.807, 2.05) is 38.1 Å². The Balaban J connectivity index is 0.00000124. The van der Waals surface area contributed by atoms with Gasteiger partial charge in [0.2, 0.25) is 0 Å². The molecular formula is C22H22ClN3O3S. The van der Waals surface area contributed by atoms with E-state index in [1.54, 1.807) is 0 Å². The minimum Gasteiger partial charge on any atom is -0.486 e. The van der Waals surface area contributed by atoms with Crippen LogP contribution < -0.4 is 4.74 Å². The number of aromatic nitrogens is 1. The van der Waals surface area contributed by atoms with Crippen LogP contribution >= 0.6 is 23.4 Å². The second-order valence-corrected chi connectivity index (χ2v) is 7.94. The number of halogens is 1. The van der Waals surface area contributed by atoms with Crippen molar-refractivity contribution in [2.45, 2.75) is 25.0 Å². The Bertz CT molecular complexity index is 962. The summed E-state index contributed by atoms with van der Waals surface area (Å²) in [6, 6.07) is 11.6. The van der Waals surface area contributed by atoms with Crippen LogP contribution in [0.25, 0.3) is 11.1 Å². The Labute approximate surface area is 185 Å². The van der Waals surface area contributed by atoms with Gasteiger partial charge in [0.15, 0.2) is 0 Å². The molecule has 4 rings (SSSR count). The summed E-state index contributed by atoms with van der Waals surface area (Å²) in [5.41, 5.74) is 1.81. The molecule has 0 unspecified atom stereocenters. The van der Waals surface area contributed by atoms with Gasteiger partial charge < -0.3 is 14.2 Å². The van der Waals surface area contributed by atoms with E-state index in [2.05, 4.69) is 17.1 Å². The summed E-state index contributed by atoms with van der Waals surface area (Å²) in [6.07, 6.45) is 0.0732. The molecule has 0 bridgehead atoms. The van der Waals surface area contributed by atoms with Crippen LogP contribution in [0.2, 0.25) is 5.15 Å². The van der Waals surface area contributed by atoms with Gasteiger partial charge in [-0.25, -0.2) is 4.98 Å². The van der Waals surface area contributed by atoms with Crippen LogP contribution in [0.15, 0.2) is 29.3 Å². The van der Waals surface area contributed by atoms with Crippen molar-refractivity contribution in [1.29, 1.82) is 10.5 Å². The summed E-state index contributed by atoms with van der Waals surface area (Å²) in [4.78, 5) is 4.31. The molecule has 0 aliphatic carbocycles. The second-order valence-electron chi connectivity index (χ2n) is 6.57. The number of hydrogen-bond donors (Lipinski definition) is 0. The van der Waals surface area contributed by atoms with Crippen LogP contribution in [0.3, 0.4) is 0 Å². The van der Waals surface area contributed by atoms with Gasteiger partial charge in [0, 0.05) is 17.2 Å². The van der Waals surface area contributed by atoms with Crippen LogP contribution in [0.4, 0.5) is 0 Å². The van der Waals surface area contributed by atoms with Crippen molar-refractivity contribution in [3.8, 4) is 29.0 Å². The molecule has 6 nitrogen and oxygen atoms in total. The molecule has 0 radical (unpaired) electrons. The summed E-state index contributed by atoms with van der Waals surface area (Å²) in [5.74, 6) is 1.96. The zero-order chi connectivity index (χ0) is 21.5. The minimum atomic E-state index is 0.0732. The quantitative estimate of drug-likeness (QED) is 0.472. The fourth-order valence-corrected chi connectivity index (χ4v) is 4.19. The molecule has 2 aliphatic rings. The lowest BCUT2D eigenvalue weighted by Crippen LogP contribution is -2.38. The average molecular weight is 444 g/mol. The van der Waals surface area contributed by atoms with Gasteiger partial charge in [-0.05, 0) is 17.7 Å². The van der Waals surface area contributed by atoms with Gasteiger partial charge in [-0.2, -0.15) is 10.5 Å². The average Bonchev–Trinajstić information content (AvgIpc) is 2.71. The van der Waals surface area contributed by atoms with E-state index in [0.29, 0.717) is 41.0 Å². The highest BCUT2D eigenvalue weighted by molar-refractivity contribution is 7.99. The Morgan fingerprint density at radius 1 is 1.07 bits per heavy atom. The first-order valence-electron chi connectivity index (χ1n) is 9.78. The minimum absolute atomic E-state index is 0.0732. The van der Waals surface area contributed by atoms with Crippen molar-refractivity contribution in [1.82, 2.24) is 4.98 Å². The van der Waals surface area contributed by atoms with E-state index >= 15 is 0 Å². The third-order valence-corrected chi connectivity index (χ3v) is 6.04. The molecule has 0 N–H and O–H groups in total. The molecule has 3 heterocycles.